The smallest absolute Gasteiger partial charge is 0.154 e. The van der Waals surface area contributed by atoms with Gasteiger partial charge in [0.25, 0.3) is 0 Å². The summed E-state index contributed by atoms with van der Waals surface area (Å²) in [5.74, 6) is 0. The van der Waals surface area contributed by atoms with Gasteiger partial charge in [-0.1, -0.05) is 0 Å². The van der Waals surface area contributed by atoms with Crippen molar-refractivity contribution in [1.29, 1.82) is 0 Å². The van der Waals surface area contributed by atoms with Crippen molar-refractivity contribution < 1.29 is 19.7 Å². The van der Waals surface area contributed by atoms with Gasteiger partial charge in [0, 0.05) is 27.1 Å². The van der Waals surface area contributed by atoms with Gasteiger partial charge in [-0.05, 0) is 0 Å². The van der Waals surface area contributed by atoms with Crippen LogP contribution in [0.25, 0.3) is 0 Å². The van der Waals surface area contributed by atoms with Gasteiger partial charge in [0.2, 0.25) is 0 Å². The molecule has 0 aliphatic rings. The SMILES string of the molecule is CO[C@H](O)CC[C@@H](O)OC. The number of hydrogen-bond acceptors (Lipinski definition) is 4. The van der Waals surface area contributed by atoms with Crippen molar-refractivity contribution in [2.24, 2.45) is 0 Å². The summed E-state index contributed by atoms with van der Waals surface area (Å²) in [6.45, 7) is 0. The first kappa shape index (κ1) is 9.84. The fourth-order valence-electron chi connectivity index (χ4n) is 0.521. The number of aliphatic hydroxyl groups excluding tert-OH is 2. The van der Waals surface area contributed by atoms with Crippen LogP contribution in [0.3, 0.4) is 0 Å². The average Bonchev–Trinajstić information content (AvgIpc) is 1.99. The minimum Gasteiger partial charge on any atom is -0.368 e. The fraction of sp³-hybridized carbons (Fsp3) is 1.00. The van der Waals surface area contributed by atoms with Crippen LogP contribution in [0.1, 0.15) is 12.8 Å². The topological polar surface area (TPSA) is 58.9 Å². The lowest BCUT2D eigenvalue weighted by Gasteiger charge is -2.10. The van der Waals surface area contributed by atoms with Crippen molar-refractivity contribution in [1.82, 2.24) is 0 Å². The molecule has 0 unspecified atom stereocenters. The first-order valence-electron chi connectivity index (χ1n) is 3.12. The lowest BCUT2D eigenvalue weighted by atomic mass is 10.3. The van der Waals surface area contributed by atoms with Crippen LogP contribution in [0.4, 0.5) is 0 Å². The summed E-state index contributed by atoms with van der Waals surface area (Å²) in [7, 11) is 2.81. The van der Waals surface area contributed by atoms with E-state index in [-0.39, 0.29) is 0 Å². The molecular formula is C6H14O4. The van der Waals surface area contributed by atoms with Crippen LogP contribution >= 0.6 is 0 Å². The lowest BCUT2D eigenvalue weighted by Crippen LogP contribution is -2.15. The predicted molar refractivity (Wildman–Crippen MR) is 35.3 cm³/mol. The van der Waals surface area contributed by atoms with Gasteiger partial charge in [0.1, 0.15) is 0 Å². The zero-order chi connectivity index (χ0) is 7.98. The molecule has 0 aromatic heterocycles. The number of rotatable bonds is 5. The Balaban J connectivity index is 3.17. The minimum atomic E-state index is -0.801. The molecule has 0 fully saturated rings. The zero-order valence-corrected chi connectivity index (χ0v) is 6.28. The van der Waals surface area contributed by atoms with Crippen LogP contribution in [-0.4, -0.2) is 37.0 Å². The molecule has 0 aliphatic carbocycles. The van der Waals surface area contributed by atoms with E-state index in [1.807, 2.05) is 0 Å². The Kier molecular flexibility index (Phi) is 5.52. The summed E-state index contributed by atoms with van der Waals surface area (Å²) in [5.41, 5.74) is 0. The van der Waals surface area contributed by atoms with E-state index in [1.165, 1.54) is 14.2 Å². The van der Waals surface area contributed by atoms with Gasteiger partial charge >= 0.3 is 0 Å². The van der Waals surface area contributed by atoms with E-state index in [0.29, 0.717) is 12.8 Å². The van der Waals surface area contributed by atoms with Gasteiger partial charge in [-0.15, -0.1) is 0 Å². The van der Waals surface area contributed by atoms with Crippen molar-refractivity contribution in [2.75, 3.05) is 14.2 Å². The van der Waals surface area contributed by atoms with E-state index in [1.54, 1.807) is 0 Å². The van der Waals surface area contributed by atoms with Gasteiger partial charge in [-0.25, -0.2) is 0 Å². The van der Waals surface area contributed by atoms with Crippen molar-refractivity contribution in [3.63, 3.8) is 0 Å². The summed E-state index contributed by atoms with van der Waals surface area (Å²) >= 11 is 0. The maximum atomic E-state index is 8.81. The molecule has 0 rings (SSSR count). The minimum absolute atomic E-state index is 0.380. The Labute approximate surface area is 60.4 Å². The Morgan fingerprint density at radius 1 is 1.00 bits per heavy atom. The molecule has 0 spiro atoms. The Bertz CT molecular complexity index is 66.1. The van der Waals surface area contributed by atoms with Gasteiger partial charge in [-0.3, -0.25) is 0 Å². The second kappa shape index (κ2) is 5.61. The van der Waals surface area contributed by atoms with Crippen LogP contribution in [0.15, 0.2) is 0 Å². The van der Waals surface area contributed by atoms with E-state index < -0.39 is 12.6 Å². The molecule has 2 N–H and O–H groups in total. The summed E-state index contributed by atoms with van der Waals surface area (Å²) in [4.78, 5) is 0. The maximum Gasteiger partial charge on any atom is 0.154 e. The molecule has 2 atom stereocenters. The van der Waals surface area contributed by atoms with Gasteiger partial charge in [0.05, 0.1) is 0 Å². The predicted octanol–water partition coefficient (Wildman–Crippen LogP) is -0.304. The van der Waals surface area contributed by atoms with Crippen molar-refractivity contribution in [2.45, 2.75) is 25.4 Å². The van der Waals surface area contributed by atoms with Crippen molar-refractivity contribution in [3.8, 4) is 0 Å². The molecule has 0 radical (unpaired) electrons. The monoisotopic (exact) mass is 150 g/mol. The quantitative estimate of drug-likeness (QED) is 0.528. The molecule has 0 heterocycles. The first-order valence-corrected chi connectivity index (χ1v) is 3.12. The van der Waals surface area contributed by atoms with E-state index in [0.717, 1.165) is 0 Å². The standard InChI is InChI=1S/C6H14O4/c1-9-5(7)3-4-6(8)10-2/h5-8H,3-4H2,1-2H3/t5-,6-/m0/s1. The molecule has 0 bridgehead atoms. The highest BCUT2D eigenvalue weighted by Gasteiger charge is 2.05. The van der Waals surface area contributed by atoms with Crippen molar-refractivity contribution >= 4 is 0 Å². The molecule has 0 aromatic rings. The highest BCUT2D eigenvalue weighted by molar-refractivity contribution is 4.44. The summed E-state index contributed by atoms with van der Waals surface area (Å²) in [6, 6.07) is 0. The molecule has 0 aromatic carbocycles. The third-order valence-electron chi connectivity index (χ3n) is 1.20. The lowest BCUT2D eigenvalue weighted by molar-refractivity contribution is -0.117. The largest absolute Gasteiger partial charge is 0.368 e. The molecule has 0 saturated heterocycles. The number of aliphatic hydroxyl groups is 2. The van der Waals surface area contributed by atoms with Crippen LogP contribution in [0, 0.1) is 0 Å². The maximum absolute atomic E-state index is 8.81. The van der Waals surface area contributed by atoms with E-state index in [9.17, 15) is 0 Å². The summed E-state index contributed by atoms with van der Waals surface area (Å²) < 4.78 is 9.07. The van der Waals surface area contributed by atoms with E-state index in [2.05, 4.69) is 9.47 Å². The molecule has 4 nitrogen and oxygen atoms in total. The van der Waals surface area contributed by atoms with E-state index in [4.69, 9.17) is 10.2 Å². The third kappa shape index (κ3) is 4.69. The first-order chi connectivity index (χ1) is 4.70. The van der Waals surface area contributed by atoms with Gasteiger partial charge in [0.15, 0.2) is 12.6 Å². The van der Waals surface area contributed by atoms with Crippen LogP contribution in [0.2, 0.25) is 0 Å². The fourth-order valence-corrected chi connectivity index (χ4v) is 0.521. The number of methoxy groups -OCH3 is 2. The Hall–Kier alpha value is -0.160. The molecule has 0 amide bonds. The van der Waals surface area contributed by atoms with Crippen molar-refractivity contribution in [3.05, 3.63) is 0 Å². The second-order valence-corrected chi connectivity index (χ2v) is 1.96. The van der Waals surface area contributed by atoms with Gasteiger partial charge < -0.3 is 19.7 Å². The molecule has 0 saturated carbocycles. The van der Waals surface area contributed by atoms with Crippen LogP contribution < -0.4 is 0 Å². The molecule has 62 valence electrons. The summed E-state index contributed by atoms with van der Waals surface area (Å²) in [6.07, 6.45) is -0.841. The van der Waals surface area contributed by atoms with E-state index >= 15 is 0 Å². The number of ether oxygens (including phenoxy) is 2. The highest BCUT2D eigenvalue weighted by atomic mass is 16.6. The molecule has 4 heteroatoms. The summed E-state index contributed by atoms with van der Waals surface area (Å²) in [5, 5.41) is 17.6. The normalized spacial score (nSPS) is 16.8. The van der Waals surface area contributed by atoms with Gasteiger partial charge in [-0.2, -0.15) is 0 Å². The molecule has 0 aliphatic heterocycles. The highest BCUT2D eigenvalue weighted by Crippen LogP contribution is 2.01. The zero-order valence-electron chi connectivity index (χ0n) is 6.28. The molecular weight excluding hydrogens is 136 g/mol. The Morgan fingerprint density at radius 2 is 1.30 bits per heavy atom. The second-order valence-electron chi connectivity index (χ2n) is 1.96. The average molecular weight is 150 g/mol. The Morgan fingerprint density at radius 3 is 1.50 bits per heavy atom. The van der Waals surface area contributed by atoms with Crippen LogP contribution in [0.5, 0.6) is 0 Å². The van der Waals surface area contributed by atoms with Crippen LogP contribution in [-0.2, 0) is 9.47 Å². The number of hydrogen-bond donors (Lipinski definition) is 2. The molecule has 10 heavy (non-hydrogen) atoms. The third-order valence-corrected chi connectivity index (χ3v) is 1.20.